The first kappa shape index (κ1) is 20.4. The zero-order valence-corrected chi connectivity index (χ0v) is 15.6. The Morgan fingerprint density at radius 3 is 1.29 bits per heavy atom. The van der Waals surface area contributed by atoms with E-state index in [-0.39, 0.29) is 0 Å². The molecule has 1 aliphatic rings. The van der Waals surface area contributed by atoms with E-state index in [9.17, 15) is 0 Å². The molecule has 0 aliphatic carbocycles. The zero-order valence-electron chi connectivity index (χ0n) is 15.6. The van der Waals surface area contributed by atoms with Gasteiger partial charge in [0.25, 0.3) is 0 Å². The minimum Gasteiger partial charge on any atom is -0.304 e. The SMILES string of the molecule is CCN1CCC(N(C)CC)CC1.c1ccccc1.c1ccccc1. The molecule has 0 N–H and O–H groups in total. The lowest BCUT2D eigenvalue weighted by atomic mass is 10.0. The Morgan fingerprint density at radius 2 is 1.04 bits per heavy atom. The molecule has 3 rings (SSSR count). The lowest BCUT2D eigenvalue weighted by Gasteiger charge is -2.35. The molecule has 1 fully saturated rings. The standard InChI is InChI=1S/C10H22N2.2C6H6/c1-4-11(3)10-6-8-12(5-2)9-7-10;2*1-2-4-6-5-3-1/h10H,4-9H2,1-3H3;2*1-6H. The summed E-state index contributed by atoms with van der Waals surface area (Å²) < 4.78 is 0. The number of benzene rings is 2. The van der Waals surface area contributed by atoms with Crippen LogP contribution in [-0.2, 0) is 0 Å². The van der Waals surface area contributed by atoms with Crippen LogP contribution in [0.15, 0.2) is 72.8 Å². The second-order valence-corrected chi connectivity index (χ2v) is 6.05. The Morgan fingerprint density at radius 1 is 0.708 bits per heavy atom. The van der Waals surface area contributed by atoms with Crippen LogP contribution in [0.4, 0.5) is 0 Å². The summed E-state index contributed by atoms with van der Waals surface area (Å²) in [6.07, 6.45) is 2.72. The number of piperidine rings is 1. The largest absolute Gasteiger partial charge is 0.304 e. The number of hydrogen-bond donors (Lipinski definition) is 0. The van der Waals surface area contributed by atoms with Gasteiger partial charge in [-0.15, -0.1) is 0 Å². The molecule has 1 saturated heterocycles. The van der Waals surface area contributed by atoms with Crippen LogP contribution >= 0.6 is 0 Å². The average Bonchev–Trinajstić information content (AvgIpc) is 2.71. The molecule has 0 amide bonds. The fraction of sp³-hybridized carbons (Fsp3) is 0.455. The molecular formula is C22H34N2. The summed E-state index contributed by atoms with van der Waals surface area (Å²) in [4.78, 5) is 5.02. The molecule has 2 heteroatoms. The van der Waals surface area contributed by atoms with Crippen LogP contribution in [-0.4, -0.2) is 49.1 Å². The molecule has 2 nitrogen and oxygen atoms in total. The molecule has 0 aromatic heterocycles. The van der Waals surface area contributed by atoms with E-state index in [0.29, 0.717) is 0 Å². The van der Waals surface area contributed by atoms with Crippen molar-refractivity contribution in [2.24, 2.45) is 0 Å². The van der Waals surface area contributed by atoms with Crippen molar-refractivity contribution >= 4 is 0 Å². The summed E-state index contributed by atoms with van der Waals surface area (Å²) >= 11 is 0. The minimum absolute atomic E-state index is 0.845. The summed E-state index contributed by atoms with van der Waals surface area (Å²) in [5, 5.41) is 0. The van der Waals surface area contributed by atoms with Crippen molar-refractivity contribution in [3.8, 4) is 0 Å². The van der Waals surface area contributed by atoms with Crippen LogP contribution in [0.1, 0.15) is 26.7 Å². The molecule has 24 heavy (non-hydrogen) atoms. The molecule has 1 aliphatic heterocycles. The fourth-order valence-electron chi connectivity index (χ4n) is 2.70. The van der Waals surface area contributed by atoms with Crippen LogP contribution in [0.2, 0.25) is 0 Å². The monoisotopic (exact) mass is 326 g/mol. The second-order valence-electron chi connectivity index (χ2n) is 6.05. The highest BCUT2D eigenvalue weighted by molar-refractivity contribution is 4.99. The summed E-state index contributed by atoms with van der Waals surface area (Å²) in [7, 11) is 2.24. The van der Waals surface area contributed by atoms with Gasteiger partial charge in [-0.2, -0.15) is 0 Å². The molecule has 132 valence electrons. The Bertz CT molecular complexity index is 379. The van der Waals surface area contributed by atoms with Gasteiger partial charge in [0.2, 0.25) is 0 Å². The number of rotatable bonds is 3. The summed E-state index contributed by atoms with van der Waals surface area (Å²) in [6.45, 7) is 9.51. The smallest absolute Gasteiger partial charge is 0.0116 e. The number of nitrogens with zero attached hydrogens (tertiary/aromatic N) is 2. The first-order valence-corrected chi connectivity index (χ1v) is 9.20. The Labute approximate surface area is 149 Å². The van der Waals surface area contributed by atoms with Gasteiger partial charge in [0.1, 0.15) is 0 Å². The molecule has 2 aromatic rings. The zero-order chi connectivity index (χ0) is 17.5. The molecule has 2 aromatic carbocycles. The van der Waals surface area contributed by atoms with Crippen molar-refractivity contribution in [3.05, 3.63) is 72.8 Å². The lowest BCUT2D eigenvalue weighted by molar-refractivity contribution is 0.136. The Kier molecular flexibility index (Phi) is 11.7. The van der Waals surface area contributed by atoms with E-state index in [1.165, 1.54) is 39.0 Å². The molecule has 0 atom stereocenters. The molecule has 1 heterocycles. The molecule has 0 saturated carbocycles. The maximum atomic E-state index is 2.54. The first-order valence-electron chi connectivity index (χ1n) is 9.20. The van der Waals surface area contributed by atoms with Gasteiger partial charge in [0.15, 0.2) is 0 Å². The highest BCUT2D eigenvalue weighted by atomic mass is 15.2. The van der Waals surface area contributed by atoms with E-state index < -0.39 is 0 Å². The van der Waals surface area contributed by atoms with Crippen LogP contribution in [0.3, 0.4) is 0 Å². The van der Waals surface area contributed by atoms with Gasteiger partial charge in [-0.05, 0) is 46.1 Å². The topological polar surface area (TPSA) is 6.48 Å². The van der Waals surface area contributed by atoms with Crippen LogP contribution < -0.4 is 0 Å². The minimum atomic E-state index is 0.845. The third-order valence-corrected chi connectivity index (χ3v) is 4.46. The first-order chi connectivity index (χ1) is 11.8. The Hall–Kier alpha value is -1.64. The van der Waals surface area contributed by atoms with Crippen LogP contribution in [0, 0.1) is 0 Å². The molecule has 0 unspecified atom stereocenters. The van der Waals surface area contributed by atoms with Gasteiger partial charge in [0, 0.05) is 6.04 Å². The average molecular weight is 327 g/mol. The van der Waals surface area contributed by atoms with Crippen molar-refractivity contribution in [1.82, 2.24) is 9.80 Å². The van der Waals surface area contributed by atoms with Gasteiger partial charge >= 0.3 is 0 Å². The summed E-state index contributed by atoms with van der Waals surface area (Å²) in [6, 6.07) is 24.8. The maximum Gasteiger partial charge on any atom is 0.0116 e. The van der Waals surface area contributed by atoms with Gasteiger partial charge in [0.05, 0.1) is 0 Å². The van der Waals surface area contributed by atoms with Gasteiger partial charge in [-0.1, -0.05) is 86.6 Å². The van der Waals surface area contributed by atoms with Gasteiger partial charge in [-0.25, -0.2) is 0 Å². The summed E-state index contributed by atoms with van der Waals surface area (Å²) in [5.74, 6) is 0. The molecule has 0 spiro atoms. The molecule has 0 radical (unpaired) electrons. The third kappa shape index (κ3) is 9.49. The van der Waals surface area contributed by atoms with E-state index >= 15 is 0 Å². The van der Waals surface area contributed by atoms with E-state index in [1.54, 1.807) is 0 Å². The number of hydrogen-bond acceptors (Lipinski definition) is 2. The van der Waals surface area contributed by atoms with Crippen LogP contribution in [0.5, 0.6) is 0 Å². The van der Waals surface area contributed by atoms with Crippen molar-refractivity contribution in [2.45, 2.75) is 32.7 Å². The van der Waals surface area contributed by atoms with E-state index in [4.69, 9.17) is 0 Å². The van der Waals surface area contributed by atoms with Crippen molar-refractivity contribution in [3.63, 3.8) is 0 Å². The number of likely N-dealkylation sites (tertiary alicyclic amines) is 1. The van der Waals surface area contributed by atoms with Crippen molar-refractivity contribution < 1.29 is 0 Å². The van der Waals surface area contributed by atoms with Gasteiger partial charge in [-0.3, -0.25) is 0 Å². The van der Waals surface area contributed by atoms with Gasteiger partial charge < -0.3 is 9.80 Å². The Balaban J connectivity index is 0.000000200. The second kappa shape index (κ2) is 13.8. The van der Waals surface area contributed by atoms with Crippen LogP contribution in [0.25, 0.3) is 0 Å². The predicted molar refractivity (Wildman–Crippen MR) is 106 cm³/mol. The summed E-state index contributed by atoms with van der Waals surface area (Å²) in [5.41, 5.74) is 0. The van der Waals surface area contributed by atoms with E-state index in [2.05, 4.69) is 30.7 Å². The quantitative estimate of drug-likeness (QED) is 0.800. The van der Waals surface area contributed by atoms with E-state index in [1.807, 2.05) is 72.8 Å². The highest BCUT2D eigenvalue weighted by Crippen LogP contribution is 2.14. The third-order valence-electron chi connectivity index (χ3n) is 4.46. The lowest BCUT2D eigenvalue weighted by Crippen LogP contribution is -2.43. The predicted octanol–water partition coefficient (Wildman–Crippen LogP) is 4.80. The fourth-order valence-corrected chi connectivity index (χ4v) is 2.70. The maximum absolute atomic E-state index is 2.54. The highest BCUT2D eigenvalue weighted by Gasteiger charge is 2.19. The van der Waals surface area contributed by atoms with Crippen molar-refractivity contribution in [1.29, 1.82) is 0 Å². The van der Waals surface area contributed by atoms with E-state index in [0.717, 1.165) is 6.04 Å². The van der Waals surface area contributed by atoms with Crippen molar-refractivity contribution in [2.75, 3.05) is 33.2 Å². The normalized spacial score (nSPS) is 15.0. The molecular weight excluding hydrogens is 292 g/mol. The molecule has 0 bridgehead atoms.